The molecule has 21 heavy (non-hydrogen) atoms. The van der Waals surface area contributed by atoms with Crippen LogP contribution in [0.3, 0.4) is 0 Å². The number of benzene rings is 2. The van der Waals surface area contributed by atoms with E-state index in [0.717, 1.165) is 16.5 Å². The van der Waals surface area contributed by atoms with Crippen molar-refractivity contribution >= 4 is 21.8 Å². The molecule has 1 atom stereocenters. The second kappa shape index (κ2) is 7.05. The zero-order valence-electron chi connectivity index (χ0n) is 11.6. The van der Waals surface area contributed by atoms with Gasteiger partial charge in [-0.25, -0.2) is 0 Å². The maximum Gasteiger partial charge on any atom is 0.251 e. The molecule has 106 valence electrons. The minimum atomic E-state index is -0.156. The molecular formula is C17H15BrN2O. The standard InChI is InChI=1S/C17H15BrN2O/c1-12(9-13-5-7-16(18)8-6-13)20-17(21)15-4-2-3-14(10-15)11-19/h2-8,10,12H,9H2,1H3,(H,20,21). The number of nitriles is 1. The third-order valence-corrected chi connectivity index (χ3v) is 3.62. The lowest BCUT2D eigenvalue weighted by Gasteiger charge is -2.14. The second-order valence-electron chi connectivity index (χ2n) is 4.90. The molecule has 0 aliphatic carbocycles. The second-order valence-corrected chi connectivity index (χ2v) is 5.81. The van der Waals surface area contributed by atoms with Crippen LogP contribution in [0, 0.1) is 11.3 Å². The fourth-order valence-electron chi connectivity index (χ4n) is 2.06. The summed E-state index contributed by atoms with van der Waals surface area (Å²) in [7, 11) is 0. The van der Waals surface area contributed by atoms with Gasteiger partial charge < -0.3 is 5.32 Å². The van der Waals surface area contributed by atoms with Crippen molar-refractivity contribution in [1.82, 2.24) is 5.32 Å². The van der Waals surface area contributed by atoms with Crippen LogP contribution in [0.25, 0.3) is 0 Å². The molecule has 2 aromatic carbocycles. The predicted octanol–water partition coefficient (Wildman–Crippen LogP) is 3.68. The van der Waals surface area contributed by atoms with Crippen molar-refractivity contribution in [1.29, 1.82) is 5.26 Å². The molecule has 4 heteroatoms. The smallest absolute Gasteiger partial charge is 0.251 e. The van der Waals surface area contributed by atoms with Gasteiger partial charge in [0, 0.05) is 16.1 Å². The first kappa shape index (κ1) is 15.3. The summed E-state index contributed by atoms with van der Waals surface area (Å²) in [6.07, 6.45) is 0.761. The van der Waals surface area contributed by atoms with E-state index >= 15 is 0 Å². The van der Waals surface area contributed by atoms with Crippen molar-refractivity contribution in [2.24, 2.45) is 0 Å². The number of amides is 1. The molecule has 2 aromatic rings. The monoisotopic (exact) mass is 342 g/mol. The Hall–Kier alpha value is -2.12. The van der Waals surface area contributed by atoms with Crippen LogP contribution in [-0.4, -0.2) is 11.9 Å². The van der Waals surface area contributed by atoms with E-state index in [1.165, 1.54) is 0 Å². The van der Waals surface area contributed by atoms with E-state index in [1.54, 1.807) is 24.3 Å². The van der Waals surface area contributed by atoms with Crippen LogP contribution in [0.4, 0.5) is 0 Å². The highest BCUT2D eigenvalue weighted by atomic mass is 79.9. The SMILES string of the molecule is CC(Cc1ccc(Br)cc1)NC(=O)c1cccc(C#N)c1. The average molecular weight is 343 g/mol. The Morgan fingerprint density at radius 2 is 2.00 bits per heavy atom. The molecule has 1 amide bonds. The quantitative estimate of drug-likeness (QED) is 0.921. The van der Waals surface area contributed by atoms with Crippen molar-refractivity contribution < 1.29 is 4.79 Å². The molecule has 0 aliphatic rings. The van der Waals surface area contributed by atoms with Crippen molar-refractivity contribution in [2.45, 2.75) is 19.4 Å². The number of nitrogens with zero attached hydrogens (tertiary/aromatic N) is 1. The van der Waals surface area contributed by atoms with Gasteiger partial charge in [0.05, 0.1) is 11.6 Å². The largest absolute Gasteiger partial charge is 0.349 e. The highest BCUT2D eigenvalue weighted by Gasteiger charge is 2.10. The molecule has 0 heterocycles. The zero-order chi connectivity index (χ0) is 15.2. The van der Waals surface area contributed by atoms with Crippen LogP contribution < -0.4 is 5.32 Å². The van der Waals surface area contributed by atoms with Crippen molar-refractivity contribution in [3.63, 3.8) is 0 Å². The van der Waals surface area contributed by atoms with E-state index in [1.807, 2.05) is 37.3 Å². The molecule has 0 aromatic heterocycles. The molecule has 2 rings (SSSR count). The lowest BCUT2D eigenvalue weighted by molar-refractivity contribution is 0.0940. The van der Waals surface area contributed by atoms with Gasteiger partial charge in [-0.3, -0.25) is 4.79 Å². The van der Waals surface area contributed by atoms with Gasteiger partial charge in [0.15, 0.2) is 0 Å². The summed E-state index contributed by atoms with van der Waals surface area (Å²) >= 11 is 3.40. The van der Waals surface area contributed by atoms with Crippen LogP contribution >= 0.6 is 15.9 Å². The van der Waals surface area contributed by atoms with Gasteiger partial charge in [-0.15, -0.1) is 0 Å². The maximum atomic E-state index is 12.1. The minimum absolute atomic E-state index is 0.0180. The summed E-state index contributed by atoms with van der Waals surface area (Å²) < 4.78 is 1.04. The van der Waals surface area contributed by atoms with Crippen LogP contribution in [0.5, 0.6) is 0 Å². The molecule has 3 nitrogen and oxygen atoms in total. The topological polar surface area (TPSA) is 52.9 Å². The Kier molecular flexibility index (Phi) is 5.13. The van der Waals surface area contributed by atoms with Gasteiger partial charge in [0.2, 0.25) is 0 Å². The Labute approximate surface area is 132 Å². The van der Waals surface area contributed by atoms with Crippen molar-refractivity contribution in [3.05, 3.63) is 69.7 Å². The van der Waals surface area contributed by atoms with Crippen molar-refractivity contribution in [3.8, 4) is 6.07 Å². The van der Waals surface area contributed by atoms with E-state index in [-0.39, 0.29) is 11.9 Å². The number of nitrogens with one attached hydrogen (secondary N) is 1. The highest BCUT2D eigenvalue weighted by Crippen LogP contribution is 2.12. The van der Waals surface area contributed by atoms with Gasteiger partial charge in [-0.2, -0.15) is 5.26 Å². The Morgan fingerprint density at radius 1 is 1.29 bits per heavy atom. The van der Waals surface area contributed by atoms with Gasteiger partial charge in [0.1, 0.15) is 0 Å². The summed E-state index contributed by atoms with van der Waals surface area (Å²) in [5.41, 5.74) is 2.16. The maximum absolute atomic E-state index is 12.1. The highest BCUT2D eigenvalue weighted by molar-refractivity contribution is 9.10. The number of hydrogen-bond donors (Lipinski definition) is 1. The Bertz CT molecular complexity index is 674. The first-order valence-electron chi connectivity index (χ1n) is 6.64. The molecular weight excluding hydrogens is 328 g/mol. The molecule has 0 saturated carbocycles. The first-order valence-corrected chi connectivity index (χ1v) is 7.43. The van der Waals surface area contributed by atoms with Crippen LogP contribution in [0.15, 0.2) is 53.0 Å². The summed E-state index contributed by atoms with van der Waals surface area (Å²) in [5.74, 6) is -0.156. The molecule has 0 radical (unpaired) electrons. The van der Waals surface area contributed by atoms with Gasteiger partial charge >= 0.3 is 0 Å². The van der Waals surface area contributed by atoms with Crippen LogP contribution in [0.1, 0.15) is 28.4 Å². The van der Waals surface area contributed by atoms with E-state index in [2.05, 4.69) is 21.2 Å². The first-order chi connectivity index (χ1) is 10.1. The normalized spacial score (nSPS) is 11.5. The van der Waals surface area contributed by atoms with Crippen LogP contribution in [0.2, 0.25) is 0 Å². The molecule has 1 N–H and O–H groups in total. The molecule has 0 bridgehead atoms. The third-order valence-electron chi connectivity index (χ3n) is 3.09. The lowest BCUT2D eigenvalue weighted by atomic mass is 10.1. The van der Waals surface area contributed by atoms with E-state index in [0.29, 0.717) is 11.1 Å². The predicted molar refractivity (Wildman–Crippen MR) is 85.9 cm³/mol. The fraction of sp³-hybridized carbons (Fsp3) is 0.176. The zero-order valence-corrected chi connectivity index (χ0v) is 13.2. The Balaban J connectivity index is 1.98. The number of halogens is 1. The Morgan fingerprint density at radius 3 is 2.67 bits per heavy atom. The summed E-state index contributed by atoms with van der Waals surface area (Å²) in [5, 5.41) is 11.8. The molecule has 0 fully saturated rings. The number of carbonyl (C=O) groups excluding carboxylic acids is 1. The number of rotatable bonds is 4. The summed E-state index contributed by atoms with van der Waals surface area (Å²) in [4.78, 5) is 12.1. The number of hydrogen-bond acceptors (Lipinski definition) is 2. The van der Waals surface area contributed by atoms with Gasteiger partial charge in [-0.1, -0.05) is 34.1 Å². The van der Waals surface area contributed by atoms with Crippen molar-refractivity contribution in [2.75, 3.05) is 0 Å². The molecule has 1 unspecified atom stereocenters. The van der Waals surface area contributed by atoms with E-state index in [9.17, 15) is 4.79 Å². The summed E-state index contributed by atoms with van der Waals surface area (Å²) in [6, 6.07) is 16.8. The lowest BCUT2D eigenvalue weighted by Crippen LogP contribution is -2.34. The number of carbonyl (C=O) groups is 1. The minimum Gasteiger partial charge on any atom is -0.349 e. The molecule has 0 spiro atoms. The third kappa shape index (κ3) is 4.44. The summed E-state index contributed by atoms with van der Waals surface area (Å²) in [6.45, 7) is 1.97. The van der Waals surface area contributed by atoms with E-state index in [4.69, 9.17) is 5.26 Å². The van der Waals surface area contributed by atoms with Gasteiger partial charge in [-0.05, 0) is 49.2 Å². The van der Waals surface area contributed by atoms with Crippen LogP contribution in [-0.2, 0) is 6.42 Å². The fourth-order valence-corrected chi connectivity index (χ4v) is 2.33. The van der Waals surface area contributed by atoms with Gasteiger partial charge in [0.25, 0.3) is 5.91 Å². The molecule has 0 saturated heterocycles. The van der Waals surface area contributed by atoms with E-state index < -0.39 is 0 Å². The average Bonchev–Trinajstić information content (AvgIpc) is 2.49. The molecule has 0 aliphatic heterocycles.